The number of unbranched alkanes of at least 4 members (excludes halogenated alkanes) is 1. The van der Waals surface area contributed by atoms with Gasteiger partial charge in [0.1, 0.15) is 18.2 Å². The van der Waals surface area contributed by atoms with Crippen LogP contribution in [0.1, 0.15) is 49.1 Å². The molecule has 1 aliphatic rings. The van der Waals surface area contributed by atoms with Gasteiger partial charge in [-0.25, -0.2) is 4.98 Å². The Balaban J connectivity index is 1.53. The number of carbonyl (C=O) groups is 1. The number of nitrogens with zero attached hydrogens (tertiary/aromatic N) is 3. The molecule has 5 heteroatoms. The molecule has 1 aliphatic heterocycles. The Morgan fingerprint density at radius 2 is 1.93 bits per heavy atom. The second-order valence-corrected chi connectivity index (χ2v) is 8.30. The standard InChI is InChI=1S/C25H31N3O2/c1-4-5-12-27-17-20(16-24(27)29)25-26-22-8-6-7-9-23(22)28(25)13-14-30-21-11-10-18(2)19(3)15-21/h6-11,15,20H,4-5,12-14,16-17H2,1-3H3. The number of aromatic nitrogens is 2. The summed E-state index contributed by atoms with van der Waals surface area (Å²) < 4.78 is 8.30. The number of para-hydroxylation sites is 2. The molecule has 0 radical (unpaired) electrons. The molecule has 2 heterocycles. The lowest BCUT2D eigenvalue weighted by Gasteiger charge is -2.17. The van der Waals surface area contributed by atoms with Crippen LogP contribution >= 0.6 is 0 Å². The molecule has 2 aromatic carbocycles. The van der Waals surface area contributed by atoms with Crippen LogP contribution in [-0.4, -0.2) is 40.1 Å². The zero-order valence-corrected chi connectivity index (χ0v) is 18.2. The molecule has 0 saturated carbocycles. The Morgan fingerprint density at radius 1 is 1.10 bits per heavy atom. The molecule has 30 heavy (non-hydrogen) atoms. The van der Waals surface area contributed by atoms with Crippen molar-refractivity contribution in [3.8, 4) is 5.75 Å². The first-order valence-corrected chi connectivity index (χ1v) is 11.0. The molecule has 0 spiro atoms. The lowest BCUT2D eigenvalue weighted by Crippen LogP contribution is -2.26. The van der Waals surface area contributed by atoms with E-state index in [4.69, 9.17) is 9.72 Å². The third kappa shape index (κ3) is 4.20. The molecule has 1 aromatic heterocycles. The van der Waals surface area contributed by atoms with Gasteiger partial charge in [-0.15, -0.1) is 0 Å². The van der Waals surface area contributed by atoms with E-state index in [1.54, 1.807) is 0 Å². The molecule has 1 fully saturated rings. The molecule has 1 saturated heterocycles. The van der Waals surface area contributed by atoms with Crippen LogP contribution in [-0.2, 0) is 11.3 Å². The fourth-order valence-corrected chi connectivity index (χ4v) is 4.21. The predicted octanol–water partition coefficient (Wildman–Crippen LogP) is 4.85. The van der Waals surface area contributed by atoms with Crippen LogP contribution in [0.3, 0.4) is 0 Å². The lowest BCUT2D eigenvalue weighted by molar-refractivity contribution is -0.127. The van der Waals surface area contributed by atoms with Gasteiger partial charge in [0.15, 0.2) is 0 Å². The largest absolute Gasteiger partial charge is 0.492 e. The maximum absolute atomic E-state index is 12.5. The average Bonchev–Trinajstić information content (AvgIpc) is 3.29. The van der Waals surface area contributed by atoms with Gasteiger partial charge < -0.3 is 14.2 Å². The van der Waals surface area contributed by atoms with Crippen LogP contribution in [0.25, 0.3) is 11.0 Å². The van der Waals surface area contributed by atoms with Crippen LogP contribution in [0.5, 0.6) is 5.75 Å². The summed E-state index contributed by atoms with van der Waals surface area (Å²) in [6, 6.07) is 14.4. The average molecular weight is 406 g/mol. The van der Waals surface area contributed by atoms with Crippen molar-refractivity contribution in [2.24, 2.45) is 0 Å². The summed E-state index contributed by atoms with van der Waals surface area (Å²) in [6.45, 7) is 9.26. The normalized spacial score (nSPS) is 16.6. The number of aryl methyl sites for hydroxylation is 2. The smallest absolute Gasteiger partial charge is 0.223 e. The molecule has 3 aromatic rings. The first-order valence-electron chi connectivity index (χ1n) is 11.0. The van der Waals surface area contributed by atoms with Crippen LogP contribution in [0.4, 0.5) is 0 Å². The molecule has 4 rings (SSSR count). The molecule has 0 N–H and O–H groups in total. The Bertz CT molecular complexity index is 1040. The molecule has 158 valence electrons. The highest BCUT2D eigenvalue weighted by atomic mass is 16.5. The minimum absolute atomic E-state index is 0.142. The minimum atomic E-state index is 0.142. The van der Waals surface area contributed by atoms with Gasteiger partial charge in [-0.05, 0) is 55.7 Å². The molecule has 1 atom stereocenters. The Hall–Kier alpha value is -2.82. The number of benzene rings is 2. The zero-order valence-electron chi connectivity index (χ0n) is 18.2. The van der Waals surface area contributed by atoms with E-state index in [0.717, 1.165) is 48.5 Å². The van der Waals surface area contributed by atoms with Crippen molar-refractivity contribution in [1.29, 1.82) is 0 Å². The third-order valence-corrected chi connectivity index (χ3v) is 6.11. The molecular weight excluding hydrogens is 374 g/mol. The van der Waals surface area contributed by atoms with E-state index in [1.807, 2.05) is 29.2 Å². The quantitative estimate of drug-likeness (QED) is 0.538. The van der Waals surface area contributed by atoms with Gasteiger partial charge in [0.25, 0.3) is 0 Å². The van der Waals surface area contributed by atoms with E-state index in [0.29, 0.717) is 19.6 Å². The van der Waals surface area contributed by atoms with Gasteiger partial charge in [0.2, 0.25) is 5.91 Å². The molecule has 1 unspecified atom stereocenters. The summed E-state index contributed by atoms with van der Waals surface area (Å²) in [4.78, 5) is 19.4. The number of hydrogen-bond donors (Lipinski definition) is 0. The molecular formula is C25H31N3O2. The number of hydrogen-bond acceptors (Lipinski definition) is 3. The lowest BCUT2D eigenvalue weighted by atomic mass is 10.1. The maximum Gasteiger partial charge on any atom is 0.223 e. The first-order chi connectivity index (χ1) is 14.6. The fourth-order valence-electron chi connectivity index (χ4n) is 4.21. The maximum atomic E-state index is 12.5. The second-order valence-electron chi connectivity index (χ2n) is 8.30. The number of carbonyl (C=O) groups excluding carboxylic acids is 1. The van der Waals surface area contributed by atoms with E-state index in [-0.39, 0.29) is 11.8 Å². The van der Waals surface area contributed by atoms with E-state index in [2.05, 4.69) is 43.5 Å². The van der Waals surface area contributed by atoms with Crippen molar-refractivity contribution in [1.82, 2.24) is 14.5 Å². The van der Waals surface area contributed by atoms with Crippen LogP contribution < -0.4 is 4.74 Å². The summed E-state index contributed by atoms with van der Waals surface area (Å²) in [6.07, 6.45) is 2.70. The van der Waals surface area contributed by atoms with Crippen LogP contribution in [0.15, 0.2) is 42.5 Å². The summed E-state index contributed by atoms with van der Waals surface area (Å²) >= 11 is 0. The van der Waals surface area contributed by atoms with Gasteiger partial charge in [0.05, 0.1) is 17.6 Å². The van der Waals surface area contributed by atoms with Crippen molar-refractivity contribution in [2.75, 3.05) is 19.7 Å². The predicted molar refractivity (Wildman–Crippen MR) is 120 cm³/mol. The fraction of sp³-hybridized carbons (Fsp3) is 0.440. The SMILES string of the molecule is CCCCN1CC(c2nc3ccccc3n2CCOc2ccc(C)c(C)c2)CC1=O. The topological polar surface area (TPSA) is 47.4 Å². The van der Waals surface area contributed by atoms with Crippen molar-refractivity contribution in [3.63, 3.8) is 0 Å². The van der Waals surface area contributed by atoms with E-state index < -0.39 is 0 Å². The summed E-state index contributed by atoms with van der Waals surface area (Å²) in [7, 11) is 0. The highest BCUT2D eigenvalue weighted by Gasteiger charge is 2.33. The van der Waals surface area contributed by atoms with Crippen molar-refractivity contribution < 1.29 is 9.53 Å². The van der Waals surface area contributed by atoms with E-state index in [9.17, 15) is 4.79 Å². The van der Waals surface area contributed by atoms with Crippen molar-refractivity contribution in [2.45, 2.75) is 52.5 Å². The second kappa shape index (κ2) is 8.90. The number of imidazole rings is 1. The minimum Gasteiger partial charge on any atom is -0.492 e. The molecule has 0 aliphatic carbocycles. The number of ether oxygens (including phenoxy) is 1. The van der Waals surface area contributed by atoms with Gasteiger partial charge in [-0.3, -0.25) is 4.79 Å². The zero-order chi connectivity index (χ0) is 21.1. The molecule has 5 nitrogen and oxygen atoms in total. The third-order valence-electron chi connectivity index (χ3n) is 6.11. The molecule has 1 amide bonds. The van der Waals surface area contributed by atoms with Gasteiger partial charge in [-0.1, -0.05) is 31.5 Å². The Labute approximate surface area is 178 Å². The summed E-state index contributed by atoms with van der Waals surface area (Å²) in [5, 5.41) is 0. The first kappa shape index (κ1) is 20.5. The van der Waals surface area contributed by atoms with Crippen molar-refractivity contribution in [3.05, 3.63) is 59.4 Å². The van der Waals surface area contributed by atoms with E-state index in [1.165, 1.54) is 11.1 Å². The van der Waals surface area contributed by atoms with Gasteiger partial charge in [0, 0.05) is 25.4 Å². The Kier molecular flexibility index (Phi) is 6.07. The number of fused-ring (bicyclic) bond motifs is 1. The number of amides is 1. The van der Waals surface area contributed by atoms with Crippen LogP contribution in [0.2, 0.25) is 0 Å². The van der Waals surface area contributed by atoms with E-state index >= 15 is 0 Å². The summed E-state index contributed by atoms with van der Waals surface area (Å²) in [5.74, 6) is 2.29. The Morgan fingerprint density at radius 3 is 2.73 bits per heavy atom. The highest BCUT2D eigenvalue weighted by Crippen LogP contribution is 2.30. The van der Waals surface area contributed by atoms with Gasteiger partial charge in [-0.2, -0.15) is 0 Å². The monoisotopic (exact) mass is 405 g/mol. The van der Waals surface area contributed by atoms with Crippen LogP contribution in [0, 0.1) is 13.8 Å². The van der Waals surface area contributed by atoms with Gasteiger partial charge >= 0.3 is 0 Å². The molecule has 0 bridgehead atoms. The van der Waals surface area contributed by atoms with Crippen molar-refractivity contribution >= 4 is 16.9 Å². The summed E-state index contributed by atoms with van der Waals surface area (Å²) in [5.41, 5.74) is 4.59. The highest BCUT2D eigenvalue weighted by molar-refractivity contribution is 5.80. The number of likely N-dealkylation sites (tertiary alicyclic amines) is 1. The number of rotatable bonds is 8.